The van der Waals surface area contributed by atoms with Crippen molar-refractivity contribution >= 4 is 11.7 Å². The van der Waals surface area contributed by atoms with Gasteiger partial charge in [0.15, 0.2) is 5.69 Å². The van der Waals surface area contributed by atoms with Crippen molar-refractivity contribution < 1.29 is 9.90 Å². The summed E-state index contributed by atoms with van der Waals surface area (Å²) in [5, 5.41) is 10.7. The number of anilines is 1. The first-order chi connectivity index (χ1) is 7.18. The number of hydrogen-bond donors (Lipinski definition) is 2. The van der Waals surface area contributed by atoms with Gasteiger partial charge in [0.25, 0.3) is 0 Å². The van der Waals surface area contributed by atoms with Crippen LogP contribution in [0.1, 0.15) is 16.2 Å². The van der Waals surface area contributed by atoms with Crippen LogP contribution in [0.4, 0.5) is 5.69 Å². The number of hydrazine groups is 1. The molecule has 0 radical (unpaired) electrons. The van der Waals surface area contributed by atoms with Gasteiger partial charge in [-0.3, -0.25) is 5.01 Å². The highest BCUT2D eigenvalue weighted by molar-refractivity contribution is 5.92. The summed E-state index contributed by atoms with van der Waals surface area (Å²) in [5.74, 6) is -1.02. The lowest BCUT2D eigenvalue weighted by Gasteiger charge is -2.17. The standard InChI is InChI=1S/C10H11N3O2/c1-7-3-4-8(9(12-7)10(14)15)13-6-2-5-11-13/h2-4,6,11H,5H2,1H3,(H,14,15). The van der Waals surface area contributed by atoms with Crippen LogP contribution in [0.3, 0.4) is 0 Å². The van der Waals surface area contributed by atoms with Gasteiger partial charge in [0, 0.05) is 18.4 Å². The minimum atomic E-state index is -1.02. The van der Waals surface area contributed by atoms with Gasteiger partial charge in [-0.1, -0.05) is 6.08 Å². The molecule has 15 heavy (non-hydrogen) atoms. The summed E-state index contributed by atoms with van der Waals surface area (Å²) in [5.41, 5.74) is 4.32. The number of aryl methyl sites for hydroxylation is 1. The Hall–Kier alpha value is -1.88. The minimum absolute atomic E-state index is 0.0639. The SMILES string of the molecule is Cc1ccc(N2C=CCN2)c(C(=O)O)n1. The zero-order chi connectivity index (χ0) is 10.8. The normalized spacial score (nSPS) is 14.6. The second kappa shape index (κ2) is 3.70. The molecule has 5 heteroatoms. The van der Waals surface area contributed by atoms with Gasteiger partial charge in [0.2, 0.25) is 0 Å². The van der Waals surface area contributed by atoms with E-state index in [1.807, 2.05) is 6.08 Å². The van der Waals surface area contributed by atoms with Gasteiger partial charge in [0.1, 0.15) is 0 Å². The molecule has 0 spiro atoms. The highest BCUT2D eigenvalue weighted by atomic mass is 16.4. The van der Waals surface area contributed by atoms with E-state index in [4.69, 9.17) is 5.11 Å². The summed E-state index contributed by atoms with van der Waals surface area (Å²) >= 11 is 0. The molecule has 0 unspecified atom stereocenters. The van der Waals surface area contributed by atoms with E-state index in [1.165, 1.54) is 0 Å². The maximum atomic E-state index is 11.0. The smallest absolute Gasteiger partial charge is 0.356 e. The fourth-order valence-corrected chi connectivity index (χ4v) is 1.43. The minimum Gasteiger partial charge on any atom is -0.476 e. The third-order valence-electron chi connectivity index (χ3n) is 2.11. The second-order valence-corrected chi connectivity index (χ2v) is 3.24. The molecule has 78 valence electrons. The van der Waals surface area contributed by atoms with Crippen LogP contribution in [0.25, 0.3) is 0 Å². The van der Waals surface area contributed by atoms with Gasteiger partial charge in [-0.15, -0.1) is 0 Å². The van der Waals surface area contributed by atoms with E-state index in [9.17, 15) is 4.79 Å². The zero-order valence-electron chi connectivity index (χ0n) is 8.27. The molecule has 2 rings (SSSR count). The Bertz CT molecular complexity index is 429. The van der Waals surface area contributed by atoms with E-state index in [0.29, 0.717) is 17.9 Å². The predicted octanol–water partition coefficient (Wildman–Crippen LogP) is 0.927. The molecule has 0 fully saturated rings. The van der Waals surface area contributed by atoms with Crippen LogP contribution in [0, 0.1) is 6.92 Å². The Morgan fingerprint density at radius 2 is 2.40 bits per heavy atom. The Morgan fingerprint density at radius 1 is 1.60 bits per heavy atom. The van der Waals surface area contributed by atoms with Gasteiger partial charge >= 0.3 is 5.97 Å². The number of carboxylic acid groups (broad SMARTS) is 1. The molecular weight excluding hydrogens is 194 g/mol. The van der Waals surface area contributed by atoms with Crippen LogP contribution in [0.15, 0.2) is 24.4 Å². The van der Waals surface area contributed by atoms with Crippen molar-refractivity contribution in [1.82, 2.24) is 10.4 Å². The number of aromatic nitrogens is 1. The third kappa shape index (κ3) is 1.82. The summed E-state index contributed by atoms with van der Waals surface area (Å²) in [4.78, 5) is 15.0. The maximum absolute atomic E-state index is 11.0. The highest BCUT2D eigenvalue weighted by Gasteiger charge is 2.17. The van der Waals surface area contributed by atoms with Crippen LogP contribution in [-0.2, 0) is 0 Å². The van der Waals surface area contributed by atoms with E-state index in [0.717, 1.165) is 0 Å². The topological polar surface area (TPSA) is 65.5 Å². The lowest BCUT2D eigenvalue weighted by Crippen LogP contribution is -2.30. The summed E-state index contributed by atoms with van der Waals surface area (Å²) in [6.07, 6.45) is 3.70. The summed E-state index contributed by atoms with van der Waals surface area (Å²) in [6, 6.07) is 3.53. The number of pyridine rings is 1. The number of aromatic carboxylic acids is 1. The van der Waals surface area contributed by atoms with E-state index >= 15 is 0 Å². The molecule has 1 aliphatic heterocycles. The van der Waals surface area contributed by atoms with Crippen molar-refractivity contribution in [3.05, 3.63) is 35.8 Å². The second-order valence-electron chi connectivity index (χ2n) is 3.24. The number of rotatable bonds is 2. The summed E-state index contributed by atoms with van der Waals surface area (Å²) in [6.45, 7) is 2.47. The monoisotopic (exact) mass is 205 g/mol. The van der Waals surface area contributed by atoms with Gasteiger partial charge in [-0.25, -0.2) is 15.2 Å². The average molecular weight is 205 g/mol. The van der Waals surface area contributed by atoms with Gasteiger partial charge in [-0.05, 0) is 19.1 Å². The molecular formula is C10H11N3O2. The molecule has 0 amide bonds. The number of nitrogens with one attached hydrogen (secondary N) is 1. The largest absolute Gasteiger partial charge is 0.476 e. The lowest BCUT2D eigenvalue weighted by atomic mass is 10.2. The fourth-order valence-electron chi connectivity index (χ4n) is 1.43. The molecule has 0 saturated carbocycles. The van der Waals surface area contributed by atoms with Gasteiger partial charge < -0.3 is 5.11 Å². The zero-order valence-corrected chi connectivity index (χ0v) is 8.27. The first kappa shape index (κ1) is 9.67. The van der Waals surface area contributed by atoms with Crippen LogP contribution in [-0.4, -0.2) is 22.6 Å². The molecule has 0 aliphatic carbocycles. The molecule has 2 N–H and O–H groups in total. The van der Waals surface area contributed by atoms with Gasteiger partial charge in [-0.2, -0.15) is 0 Å². The molecule has 0 saturated heterocycles. The third-order valence-corrected chi connectivity index (χ3v) is 2.11. The van der Waals surface area contributed by atoms with Crippen LogP contribution in [0.5, 0.6) is 0 Å². The Morgan fingerprint density at radius 3 is 3.00 bits per heavy atom. The summed E-state index contributed by atoms with van der Waals surface area (Å²) < 4.78 is 0. The molecule has 1 aromatic rings. The highest BCUT2D eigenvalue weighted by Crippen LogP contribution is 2.19. The van der Waals surface area contributed by atoms with Gasteiger partial charge in [0.05, 0.1) is 5.69 Å². The molecule has 1 aliphatic rings. The van der Waals surface area contributed by atoms with Crippen LogP contribution < -0.4 is 10.4 Å². The first-order valence-electron chi connectivity index (χ1n) is 4.59. The lowest BCUT2D eigenvalue weighted by molar-refractivity contribution is 0.0691. The van der Waals surface area contributed by atoms with Crippen molar-refractivity contribution in [1.29, 1.82) is 0 Å². The quantitative estimate of drug-likeness (QED) is 0.751. The van der Waals surface area contributed by atoms with Crippen LogP contribution >= 0.6 is 0 Å². The predicted molar refractivity (Wildman–Crippen MR) is 55.6 cm³/mol. The molecule has 5 nitrogen and oxygen atoms in total. The number of hydrogen-bond acceptors (Lipinski definition) is 4. The maximum Gasteiger partial charge on any atom is 0.356 e. The van der Waals surface area contributed by atoms with E-state index in [2.05, 4.69) is 10.4 Å². The first-order valence-corrected chi connectivity index (χ1v) is 4.59. The molecule has 1 aromatic heterocycles. The van der Waals surface area contributed by atoms with Crippen LogP contribution in [0.2, 0.25) is 0 Å². The Kier molecular flexibility index (Phi) is 2.39. The van der Waals surface area contributed by atoms with Crippen molar-refractivity contribution in [3.63, 3.8) is 0 Å². The van der Waals surface area contributed by atoms with E-state index in [1.54, 1.807) is 30.3 Å². The van der Waals surface area contributed by atoms with E-state index < -0.39 is 5.97 Å². The fraction of sp³-hybridized carbons (Fsp3) is 0.200. The van der Waals surface area contributed by atoms with Crippen molar-refractivity contribution in [2.24, 2.45) is 0 Å². The summed E-state index contributed by atoms with van der Waals surface area (Å²) in [7, 11) is 0. The molecule has 0 atom stereocenters. The number of carboxylic acids is 1. The Balaban J connectivity index is 2.45. The molecule has 0 aromatic carbocycles. The molecule has 2 heterocycles. The number of nitrogens with zero attached hydrogens (tertiary/aromatic N) is 2. The average Bonchev–Trinajstić information content (AvgIpc) is 2.70. The van der Waals surface area contributed by atoms with Crippen molar-refractivity contribution in [2.45, 2.75) is 6.92 Å². The number of carbonyl (C=O) groups is 1. The van der Waals surface area contributed by atoms with Crippen molar-refractivity contribution in [3.8, 4) is 0 Å². The van der Waals surface area contributed by atoms with E-state index in [-0.39, 0.29) is 5.69 Å². The van der Waals surface area contributed by atoms with Crippen molar-refractivity contribution in [2.75, 3.05) is 11.6 Å². The molecule has 0 bridgehead atoms. The Labute approximate surface area is 87.0 Å².